The molecule has 0 bridgehead atoms. The summed E-state index contributed by atoms with van der Waals surface area (Å²) in [6.07, 6.45) is 5.35. The van der Waals surface area contributed by atoms with Gasteiger partial charge >= 0.3 is 0 Å². The first-order chi connectivity index (χ1) is 13.0. The molecule has 1 aliphatic carbocycles. The van der Waals surface area contributed by atoms with Gasteiger partial charge in [-0.15, -0.1) is 0 Å². The van der Waals surface area contributed by atoms with E-state index in [0.717, 1.165) is 31.4 Å². The number of rotatable bonds is 3. The average Bonchev–Trinajstić information content (AvgIpc) is 3.17. The van der Waals surface area contributed by atoms with Gasteiger partial charge in [0, 0.05) is 49.7 Å². The molecule has 0 unspecified atom stereocenters. The van der Waals surface area contributed by atoms with E-state index in [1.54, 1.807) is 15.5 Å². The molecule has 146 valence electrons. The number of aromatic nitrogens is 1. The highest BCUT2D eigenvalue weighted by molar-refractivity contribution is 5.88. The molecule has 7 nitrogen and oxygen atoms in total. The number of amides is 2. The number of pyridine rings is 1. The molecular weight excluding hydrogens is 346 g/mol. The summed E-state index contributed by atoms with van der Waals surface area (Å²) in [6, 6.07) is 4.17. The largest absolute Gasteiger partial charge is 0.396 e. The van der Waals surface area contributed by atoms with Crippen LogP contribution in [0.15, 0.2) is 23.0 Å². The van der Waals surface area contributed by atoms with E-state index >= 15 is 0 Å². The number of nitrogens with one attached hydrogen (secondary N) is 1. The summed E-state index contributed by atoms with van der Waals surface area (Å²) in [6.45, 7) is 1.71. The summed E-state index contributed by atoms with van der Waals surface area (Å²) in [4.78, 5) is 39.5. The number of aliphatic hydroxyl groups excluding tert-OH is 1. The molecule has 7 heteroatoms. The number of hydrogen-bond donors (Lipinski definition) is 2. The topological polar surface area (TPSA) is 91.6 Å². The van der Waals surface area contributed by atoms with E-state index in [1.807, 2.05) is 6.07 Å². The van der Waals surface area contributed by atoms with Crippen LogP contribution in [0.25, 0.3) is 0 Å². The molecule has 4 rings (SSSR count). The van der Waals surface area contributed by atoms with E-state index in [2.05, 4.69) is 5.32 Å². The molecule has 1 saturated carbocycles. The molecule has 0 spiro atoms. The van der Waals surface area contributed by atoms with Gasteiger partial charge in [-0.2, -0.15) is 0 Å². The molecule has 1 aromatic rings. The molecular formula is C20H27N3O4. The van der Waals surface area contributed by atoms with E-state index in [9.17, 15) is 19.5 Å². The van der Waals surface area contributed by atoms with Crippen LogP contribution in [0.4, 0.5) is 0 Å². The van der Waals surface area contributed by atoms with Gasteiger partial charge in [-0.25, -0.2) is 0 Å². The Hall–Kier alpha value is -2.15. The lowest BCUT2D eigenvalue weighted by molar-refractivity contribution is -0.140. The summed E-state index contributed by atoms with van der Waals surface area (Å²) in [5.41, 5.74) is 0.652. The molecule has 3 heterocycles. The van der Waals surface area contributed by atoms with Crippen molar-refractivity contribution in [1.82, 2.24) is 14.8 Å². The molecule has 27 heavy (non-hydrogen) atoms. The van der Waals surface area contributed by atoms with Crippen LogP contribution in [0.5, 0.6) is 0 Å². The predicted molar refractivity (Wildman–Crippen MR) is 98.8 cm³/mol. The minimum absolute atomic E-state index is 0.106. The highest BCUT2D eigenvalue weighted by Crippen LogP contribution is 2.49. The van der Waals surface area contributed by atoms with Gasteiger partial charge in [0.1, 0.15) is 6.04 Å². The van der Waals surface area contributed by atoms with Crippen molar-refractivity contribution < 1.29 is 14.7 Å². The van der Waals surface area contributed by atoms with Crippen molar-refractivity contribution in [3.8, 4) is 0 Å². The van der Waals surface area contributed by atoms with Crippen molar-refractivity contribution in [1.29, 1.82) is 0 Å². The normalized spacial score (nSPS) is 30.1. The summed E-state index contributed by atoms with van der Waals surface area (Å²) in [5, 5.41) is 13.2. The van der Waals surface area contributed by atoms with Gasteiger partial charge in [0.15, 0.2) is 0 Å². The maximum atomic E-state index is 13.1. The van der Waals surface area contributed by atoms with Crippen molar-refractivity contribution in [3.63, 3.8) is 0 Å². The van der Waals surface area contributed by atoms with Crippen molar-refractivity contribution in [2.75, 3.05) is 6.61 Å². The second kappa shape index (κ2) is 7.11. The van der Waals surface area contributed by atoms with Gasteiger partial charge in [-0.05, 0) is 18.9 Å². The van der Waals surface area contributed by atoms with E-state index in [-0.39, 0.29) is 47.9 Å². The number of carbonyl (C=O) groups is 2. The highest BCUT2D eigenvalue weighted by Gasteiger charge is 2.56. The van der Waals surface area contributed by atoms with Crippen LogP contribution in [0.1, 0.15) is 50.8 Å². The van der Waals surface area contributed by atoms with Crippen LogP contribution < -0.4 is 10.9 Å². The molecule has 4 atom stereocenters. The van der Waals surface area contributed by atoms with Gasteiger partial charge in [-0.1, -0.05) is 25.3 Å². The lowest BCUT2D eigenvalue weighted by Gasteiger charge is -2.32. The summed E-state index contributed by atoms with van der Waals surface area (Å²) in [7, 11) is 0. The van der Waals surface area contributed by atoms with Crippen molar-refractivity contribution >= 4 is 11.8 Å². The fourth-order valence-corrected chi connectivity index (χ4v) is 5.33. The Morgan fingerprint density at radius 2 is 1.96 bits per heavy atom. The summed E-state index contributed by atoms with van der Waals surface area (Å²) >= 11 is 0. The number of likely N-dealkylation sites (tertiary alicyclic amines) is 1. The van der Waals surface area contributed by atoms with Gasteiger partial charge in [0.2, 0.25) is 11.8 Å². The van der Waals surface area contributed by atoms with Crippen LogP contribution >= 0.6 is 0 Å². The number of hydrogen-bond acceptors (Lipinski definition) is 4. The Bertz CT molecular complexity index is 799. The standard InChI is InChI=1S/C20H27N3O4/c1-12(25)23-18-14(10-22-16(18)8-5-9-17(22)26)15(11-24)19(23)20(27)21-13-6-3-2-4-7-13/h5,8-9,13-15,18-19,24H,2-4,6-7,10-11H2,1H3,(H,21,27)/t14-,15-,18+,19-/m0/s1. The lowest BCUT2D eigenvalue weighted by atomic mass is 9.87. The molecule has 1 aromatic heterocycles. The number of nitrogens with zero attached hydrogens (tertiary/aromatic N) is 2. The third-order valence-electron chi connectivity index (χ3n) is 6.53. The minimum Gasteiger partial charge on any atom is -0.396 e. The van der Waals surface area contributed by atoms with Crippen LogP contribution in [-0.2, 0) is 16.1 Å². The van der Waals surface area contributed by atoms with Crippen LogP contribution in [0.2, 0.25) is 0 Å². The zero-order chi connectivity index (χ0) is 19.1. The number of aliphatic hydroxyl groups is 1. The second-order valence-corrected chi connectivity index (χ2v) is 8.07. The van der Waals surface area contributed by atoms with E-state index in [0.29, 0.717) is 6.54 Å². The van der Waals surface area contributed by atoms with Crippen molar-refractivity contribution in [2.24, 2.45) is 11.8 Å². The Balaban J connectivity index is 1.66. The first-order valence-corrected chi connectivity index (χ1v) is 9.93. The number of fused-ring (bicyclic) bond motifs is 3. The predicted octanol–water partition coefficient (Wildman–Crippen LogP) is 0.807. The van der Waals surface area contributed by atoms with Crippen LogP contribution in [-0.4, -0.2) is 45.1 Å². The highest BCUT2D eigenvalue weighted by atomic mass is 16.3. The van der Waals surface area contributed by atoms with Gasteiger partial charge in [0.05, 0.1) is 6.04 Å². The zero-order valence-electron chi connectivity index (χ0n) is 15.6. The van der Waals surface area contributed by atoms with Crippen LogP contribution in [0.3, 0.4) is 0 Å². The van der Waals surface area contributed by atoms with E-state index in [1.165, 1.54) is 19.4 Å². The van der Waals surface area contributed by atoms with Crippen LogP contribution in [0, 0.1) is 11.8 Å². The maximum absolute atomic E-state index is 13.1. The smallest absolute Gasteiger partial charge is 0.250 e. The minimum atomic E-state index is -0.687. The first-order valence-electron chi connectivity index (χ1n) is 9.93. The van der Waals surface area contributed by atoms with Gasteiger partial charge < -0.3 is 19.9 Å². The Morgan fingerprint density at radius 3 is 2.63 bits per heavy atom. The molecule has 3 aliphatic rings. The average molecular weight is 373 g/mol. The molecule has 0 radical (unpaired) electrons. The molecule has 2 fully saturated rings. The molecule has 0 aromatic carbocycles. The Kier molecular flexibility index (Phi) is 4.80. The maximum Gasteiger partial charge on any atom is 0.250 e. The lowest BCUT2D eigenvalue weighted by Crippen LogP contribution is -2.52. The third kappa shape index (κ3) is 2.98. The molecule has 2 aliphatic heterocycles. The quantitative estimate of drug-likeness (QED) is 0.820. The Labute approximate surface area is 158 Å². The van der Waals surface area contributed by atoms with Crippen molar-refractivity contribution in [2.45, 2.75) is 63.7 Å². The second-order valence-electron chi connectivity index (χ2n) is 8.07. The SMILES string of the molecule is CC(=O)N1[C@H](C(=O)NC2CCCCC2)[C@@H](CO)[C@@H]2Cn3c(cccc3=O)[C@@H]21. The molecule has 2 amide bonds. The number of carbonyl (C=O) groups excluding carboxylic acids is 2. The summed E-state index contributed by atoms with van der Waals surface area (Å²) in [5.74, 6) is -0.872. The van der Waals surface area contributed by atoms with Gasteiger partial charge in [-0.3, -0.25) is 14.4 Å². The third-order valence-corrected chi connectivity index (χ3v) is 6.53. The van der Waals surface area contributed by atoms with E-state index < -0.39 is 6.04 Å². The monoisotopic (exact) mass is 373 g/mol. The van der Waals surface area contributed by atoms with E-state index in [4.69, 9.17) is 0 Å². The molecule has 1 saturated heterocycles. The van der Waals surface area contributed by atoms with Gasteiger partial charge in [0.25, 0.3) is 5.56 Å². The van der Waals surface area contributed by atoms with Crippen molar-refractivity contribution in [3.05, 3.63) is 34.2 Å². The Morgan fingerprint density at radius 1 is 1.22 bits per heavy atom. The first kappa shape index (κ1) is 18.2. The summed E-state index contributed by atoms with van der Waals surface area (Å²) < 4.78 is 1.67. The fraction of sp³-hybridized carbons (Fsp3) is 0.650. The zero-order valence-corrected chi connectivity index (χ0v) is 15.6. The molecule has 2 N–H and O–H groups in total. The fourth-order valence-electron chi connectivity index (χ4n) is 5.33.